The molecule has 1 saturated heterocycles. The summed E-state index contributed by atoms with van der Waals surface area (Å²) in [6.07, 6.45) is 2.52. The molecule has 1 fully saturated rings. The van der Waals surface area contributed by atoms with Crippen LogP contribution in [0.2, 0.25) is 0 Å². The Kier molecular flexibility index (Phi) is 2.32. The Morgan fingerprint density at radius 1 is 1.54 bits per heavy atom. The topological polar surface area (TPSA) is 12.5 Å². The predicted octanol–water partition coefficient (Wildman–Crippen LogP) is 2.47. The van der Waals surface area contributed by atoms with E-state index in [0.717, 1.165) is 25.0 Å². The fraction of sp³-hybridized carbons (Fsp3) is 0.455. The number of hydrogen-bond acceptors (Lipinski definition) is 1. The number of epoxide rings is 1. The van der Waals surface area contributed by atoms with E-state index in [2.05, 4.69) is 0 Å². The third-order valence-electron chi connectivity index (χ3n) is 2.38. The molecule has 0 spiro atoms. The molecule has 1 aromatic rings. The third-order valence-corrected chi connectivity index (χ3v) is 2.38. The molecular weight excluding hydrogens is 167 g/mol. The van der Waals surface area contributed by atoms with Crippen LogP contribution in [0.5, 0.6) is 0 Å². The molecule has 70 valence electrons. The van der Waals surface area contributed by atoms with Crippen LogP contribution >= 0.6 is 0 Å². The van der Waals surface area contributed by atoms with Crippen molar-refractivity contribution in [2.75, 3.05) is 6.61 Å². The Morgan fingerprint density at radius 2 is 2.31 bits per heavy atom. The van der Waals surface area contributed by atoms with Gasteiger partial charge in [0.15, 0.2) is 0 Å². The lowest BCUT2D eigenvalue weighted by Crippen LogP contribution is -1.92. The van der Waals surface area contributed by atoms with E-state index >= 15 is 0 Å². The first kappa shape index (κ1) is 8.70. The minimum Gasteiger partial charge on any atom is -0.373 e. The summed E-state index contributed by atoms with van der Waals surface area (Å²) in [6.45, 7) is 2.70. The Balaban J connectivity index is 1.98. The SMILES string of the molecule is Cc1cc(CCC2CO2)ccc1F. The molecule has 0 amide bonds. The van der Waals surface area contributed by atoms with Crippen LogP contribution in [-0.2, 0) is 11.2 Å². The van der Waals surface area contributed by atoms with E-state index in [0.29, 0.717) is 6.10 Å². The second-order valence-electron chi connectivity index (χ2n) is 3.58. The van der Waals surface area contributed by atoms with Gasteiger partial charge in [-0.05, 0) is 37.0 Å². The smallest absolute Gasteiger partial charge is 0.126 e. The van der Waals surface area contributed by atoms with Gasteiger partial charge in [-0.25, -0.2) is 4.39 Å². The van der Waals surface area contributed by atoms with Gasteiger partial charge in [-0.1, -0.05) is 12.1 Å². The van der Waals surface area contributed by atoms with Gasteiger partial charge in [0.05, 0.1) is 12.7 Å². The van der Waals surface area contributed by atoms with Crippen LogP contribution in [0, 0.1) is 12.7 Å². The molecule has 1 aliphatic rings. The van der Waals surface area contributed by atoms with Crippen molar-refractivity contribution in [3.05, 3.63) is 35.1 Å². The van der Waals surface area contributed by atoms with E-state index < -0.39 is 0 Å². The molecular formula is C11H13FO. The number of ether oxygens (including phenoxy) is 1. The molecule has 1 heterocycles. The molecule has 1 aliphatic heterocycles. The van der Waals surface area contributed by atoms with Crippen molar-refractivity contribution >= 4 is 0 Å². The molecule has 1 atom stereocenters. The molecule has 0 saturated carbocycles. The maximum atomic E-state index is 12.9. The fourth-order valence-corrected chi connectivity index (χ4v) is 1.42. The number of hydrogen-bond donors (Lipinski definition) is 0. The first-order valence-electron chi connectivity index (χ1n) is 4.62. The molecule has 0 radical (unpaired) electrons. The third kappa shape index (κ3) is 2.28. The molecule has 1 unspecified atom stereocenters. The van der Waals surface area contributed by atoms with Gasteiger partial charge in [0.2, 0.25) is 0 Å². The minimum atomic E-state index is -0.119. The van der Waals surface area contributed by atoms with Gasteiger partial charge in [0.1, 0.15) is 5.82 Å². The van der Waals surface area contributed by atoms with Crippen molar-refractivity contribution in [3.63, 3.8) is 0 Å². The summed E-state index contributed by atoms with van der Waals surface area (Å²) in [4.78, 5) is 0. The van der Waals surface area contributed by atoms with Crippen molar-refractivity contribution in [3.8, 4) is 0 Å². The average Bonchev–Trinajstić information content (AvgIpc) is 2.91. The van der Waals surface area contributed by atoms with Crippen molar-refractivity contribution in [2.45, 2.75) is 25.9 Å². The summed E-state index contributed by atoms with van der Waals surface area (Å²) in [6, 6.07) is 5.31. The van der Waals surface area contributed by atoms with Gasteiger partial charge in [-0.3, -0.25) is 0 Å². The van der Waals surface area contributed by atoms with E-state index in [1.807, 2.05) is 12.1 Å². The summed E-state index contributed by atoms with van der Waals surface area (Å²) in [5.74, 6) is -0.119. The molecule has 2 heteroatoms. The monoisotopic (exact) mass is 180 g/mol. The summed E-state index contributed by atoms with van der Waals surface area (Å²) < 4.78 is 18.0. The highest BCUT2D eigenvalue weighted by Gasteiger charge is 2.21. The fourth-order valence-electron chi connectivity index (χ4n) is 1.42. The van der Waals surface area contributed by atoms with Crippen LogP contribution in [0.15, 0.2) is 18.2 Å². The van der Waals surface area contributed by atoms with Crippen LogP contribution in [0.3, 0.4) is 0 Å². The highest BCUT2D eigenvalue weighted by molar-refractivity contribution is 5.24. The van der Waals surface area contributed by atoms with E-state index in [4.69, 9.17) is 4.74 Å². The zero-order valence-electron chi connectivity index (χ0n) is 7.72. The largest absolute Gasteiger partial charge is 0.373 e. The first-order valence-corrected chi connectivity index (χ1v) is 4.62. The van der Waals surface area contributed by atoms with Gasteiger partial charge < -0.3 is 4.74 Å². The van der Waals surface area contributed by atoms with Crippen molar-refractivity contribution in [2.24, 2.45) is 0 Å². The quantitative estimate of drug-likeness (QED) is 0.651. The first-order chi connectivity index (χ1) is 6.25. The molecule has 2 rings (SSSR count). The van der Waals surface area contributed by atoms with E-state index in [1.54, 1.807) is 13.0 Å². The Morgan fingerprint density at radius 3 is 2.92 bits per heavy atom. The van der Waals surface area contributed by atoms with E-state index in [9.17, 15) is 4.39 Å². The second kappa shape index (κ2) is 3.46. The van der Waals surface area contributed by atoms with E-state index in [1.165, 1.54) is 5.56 Å². The summed E-state index contributed by atoms with van der Waals surface area (Å²) in [5, 5.41) is 0. The number of halogens is 1. The Hall–Kier alpha value is -0.890. The normalized spacial score (nSPS) is 20.3. The summed E-state index contributed by atoms with van der Waals surface area (Å²) in [7, 11) is 0. The highest BCUT2D eigenvalue weighted by atomic mass is 19.1. The van der Waals surface area contributed by atoms with E-state index in [-0.39, 0.29) is 5.82 Å². The number of rotatable bonds is 3. The highest BCUT2D eigenvalue weighted by Crippen LogP contribution is 2.18. The van der Waals surface area contributed by atoms with Crippen LogP contribution in [-0.4, -0.2) is 12.7 Å². The molecule has 0 bridgehead atoms. The summed E-state index contributed by atoms with van der Waals surface area (Å²) in [5.41, 5.74) is 1.93. The molecule has 1 aromatic carbocycles. The minimum absolute atomic E-state index is 0.119. The average molecular weight is 180 g/mol. The standard InChI is InChI=1S/C11H13FO/c1-8-6-9(3-5-11(8)12)2-4-10-7-13-10/h3,5-6,10H,2,4,7H2,1H3. The molecule has 0 aliphatic carbocycles. The molecule has 1 nitrogen and oxygen atoms in total. The maximum absolute atomic E-state index is 12.9. The zero-order chi connectivity index (χ0) is 9.26. The lowest BCUT2D eigenvalue weighted by molar-refractivity contribution is 0.396. The predicted molar refractivity (Wildman–Crippen MR) is 49.2 cm³/mol. The van der Waals surface area contributed by atoms with Crippen LogP contribution in [0.4, 0.5) is 4.39 Å². The summed E-state index contributed by atoms with van der Waals surface area (Å²) >= 11 is 0. The Labute approximate surface area is 77.5 Å². The van der Waals surface area contributed by atoms with Crippen molar-refractivity contribution in [1.82, 2.24) is 0 Å². The molecule has 13 heavy (non-hydrogen) atoms. The van der Waals surface area contributed by atoms with Gasteiger partial charge in [0, 0.05) is 0 Å². The van der Waals surface area contributed by atoms with Gasteiger partial charge in [-0.2, -0.15) is 0 Å². The Bertz CT molecular complexity index is 305. The van der Waals surface area contributed by atoms with Gasteiger partial charge in [-0.15, -0.1) is 0 Å². The second-order valence-corrected chi connectivity index (χ2v) is 3.58. The molecule has 0 N–H and O–H groups in total. The van der Waals surface area contributed by atoms with Crippen molar-refractivity contribution in [1.29, 1.82) is 0 Å². The van der Waals surface area contributed by atoms with Gasteiger partial charge >= 0.3 is 0 Å². The number of aryl methyl sites for hydroxylation is 2. The molecule has 0 aromatic heterocycles. The van der Waals surface area contributed by atoms with Crippen molar-refractivity contribution < 1.29 is 9.13 Å². The number of benzene rings is 1. The van der Waals surface area contributed by atoms with Crippen LogP contribution in [0.25, 0.3) is 0 Å². The zero-order valence-corrected chi connectivity index (χ0v) is 7.72. The lowest BCUT2D eigenvalue weighted by atomic mass is 10.1. The maximum Gasteiger partial charge on any atom is 0.126 e. The van der Waals surface area contributed by atoms with Crippen LogP contribution < -0.4 is 0 Å². The lowest BCUT2D eigenvalue weighted by Gasteiger charge is -2.01. The van der Waals surface area contributed by atoms with Gasteiger partial charge in [0.25, 0.3) is 0 Å². The van der Waals surface area contributed by atoms with Crippen LogP contribution in [0.1, 0.15) is 17.5 Å².